The highest BCUT2D eigenvalue weighted by Gasteiger charge is 2.14. The number of aromatic nitrogens is 4. The van der Waals surface area contributed by atoms with Crippen LogP contribution in [0.4, 0.5) is 5.13 Å². The minimum Gasteiger partial charge on any atom is -0.303 e. The van der Waals surface area contributed by atoms with Crippen molar-refractivity contribution in [2.24, 2.45) is 5.10 Å². The van der Waals surface area contributed by atoms with Crippen molar-refractivity contribution < 1.29 is 9.59 Å². The van der Waals surface area contributed by atoms with E-state index < -0.39 is 23.1 Å². The van der Waals surface area contributed by atoms with Crippen LogP contribution >= 0.6 is 11.3 Å². The van der Waals surface area contributed by atoms with Gasteiger partial charge in [-0.3, -0.25) is 24.7 Å². The molecule has 0 aliphatic carbocycles. The number of hydrazone groups is 1. The Balaban J connectivity index is 1.26. The Morgan fingerprint density at radius 1 is 0.944 bits per heavy atom. The van der Waals surface area contributed by atoms with Crippen molar-refractivity contribution >= 4 is 56.0 Å². The number of hydrogen-bond acceptors (Lipinski definition) is 8. The van der Waals surface area contributed by atoms with E-state index in [0.29, 0.717) is 5.01 Å². The standard InChI is InChI=1S/C24H17N7O4S/c32-19-10-18(26-23(35)27-19)22(34)28-24-31-30-21(36-24)11-20(33)29-25-12-17-15-7-3-1-5-13(15)9-14-6-2-4-8-16(14)17/h1-10,12H,11H2,(H,29,33)(H,28,31,34)(H2,26,27,32,35)/b25-12-. The van der Waals surface area contributed by atoms with Gasteiger partial charge in [-0.25, -0.2) is 10.2 Å². The molecule has 4 N–H and O–H groups in total. The lowest BCUT2D eigenvalue weighted by Gasteiger charge is -2.07. The molecule has 5 rings (SSSR count). The van der Waals surface area contributed by atoms with Crippen LogP contribution in [0.5, 0.6) is 0 Å². The largest absolute Gasteiger partial charge is 0.326 e. The maximum absolute atomic E-state index is 12.4. The Morgan fingerprint density at radius 3 is 2.33 bits per heavy atom. The summed E-state index contributed by atoms with van der Waals surface area (Å²) in [5.41, 5.74) is 1.65. The van der Waals surface area contributed by atoms with E-state index in [4.69, 9.17) is 0 Å². The van der Waals surface area contributed by atoms with Crippen molar-refractivity contribution in [1.82, 2.24) is 25.6 Å². The van der Waals surface area contributed by atoms with Crippen LogP contribution in [0.15, 0.2) is 75.4 Å². The molecule has 0 spiro atoms. The van der Waals surface area contributed by atoms with Crippen molar-refractivity contribution in [3.8, 4) is 0 Å². The number of nitrogens with one attached hydrogen (secondary N) is 4. The Morgan fingerprint density at radius 2 is 1.64 bits per heavy atom. The average Bonchev–Trinajstić information content (AvgIpc) is 3.29. The van der Waals surface area contributed by atoms with Gasteiger partial charge >= 0.3 is 5.69 Å². The molecule has 0 fully saturated rings. The molecule has 0 atom stereocenters. The lowest BCUT2D eigenvalue weighted by molar-refractivity contribution is -0.120. The van der Waals surface area contributed by atoms with E-state index >= 15 is 0 Å². The van der Waals surface area contributed by atoms with E-state index in [1.54, 1.807) is 6.21 Å². The van der Waals surface area contributed by atoms with Gasteiger partial charge in [-0.05, 0) is 27.6 Å². The fraction of sp³-hybridized carbons (Fsp3) is 0.0417. The van der Waals surface area contributed by atoms with Gasteiger partial charge in [0.05, 0.1) is 12.6 Å². The number of nitrogens with zero attached hydrogens (tertiary/aromatic N) is 3. The van der Waals surface area contributed by atoms with Gasteiger partial charge in [-0.1, -0.05) is 59.9 Å². The lowest BCUT2D eigenvalue weighted by atomic mass is 9.97. The first-order valence-electron chi connectivity index (χ1n) is 10.7. The molecule has 11 nitrogen and oxygen atoms in total. The second-order valence-corrected chi connectivity index (χ2v) is 8.72. The van der Waals surface area contributed by atoms with Gasteiger partial charge in [0.25, 0.3) is 11.5 Å². The van der Waals surface area contributed by atoms with Gasteiger partial charge in [0.1, 0.15) is 10.7 Å². The summed E-state index contributed by atoms with van der Waals surface area (Å²) in [6.07, 6.45) is 1.51. The summed E-state index contributed by atoms with van der Waals surface area (Å²) < 4.78 is 0. The number of hydrogen-bond donors (Lipinski definition) is 4. The van der Waals surface area contributed by atoms with Gasteiger partial charge in [0.15, 0.2) is 0 Å². The van der Waals surface area contributed by atoms with Gasteiger partial charge in [0.2, 0.25) is 11.0 Å². The molecule has 0 radical (unpaired) electrons. The highest BCUT2D eigenvalue weighted by molar-refractivity contribution is 7.15. The molecule has 0 aliphatic rings. The summed E-state index contributed by atoms with van der Waals surface area (Å²) in [5.74, 6) is -1.15. The molecule has 12 heteroatoms. The molecule has 0 saturated carbocycles. The summed E-state index contributed by atoms with van der Waals surface area (Å²) in [7, 11) is 0. The highest BCUT2D eigenvalue weighted by Crippen LogP contribution is 2.27. The molecule has 36 heavy (non-hydrogen) atoms. The van der Waals surface area contributed by atoms with Crippen LogP contribution in [-0.2, 0) is 11.2 Å². The second-order valence-electron chi connectivity index (χ2n) is 7.66. The quantitative estimate of drug-likeness (QED) is 0.159. The van der Waals surface area contributed by atoms with Crippen LogP contribution in [0.3, 0.4) is 0 Å². The van der Waals surface area contributed by atoms with E-state index in [-0.39, 0.29) is 17.2 Å². The fourth-order valence-electron chi connectivity index (χ4n) is 3.66. The first kappa shape index (κ1) is 22.8. The smallest absolute Gasteiger partial charge is 0.303 e. The SMILES string of the molecule is O=C(Cc1nnc(NC(=O)c2cc(=O)[nH]c(=O)[nH]2)s1)N/N=C\c1c2ccccc2cc2ccccc12. The predicted molar refractivity (Wildman–Crippen MR) is 136 cm³/mol. The zero-order valence-electron chi connectivity index (χ0n) is 18.4. The van der Waals surface area contributed by atoms with Crippen LogP contribution in [0.25, 0.3) is 21.5 Å². The van der Waals surface area contributed by atoms with Gasteiger partial charge in [0, 0.05) is 11.6 Å². The van der Waals surface area contributed by atoms with Crippen LogP contribution in [-0.4, -0.2) is 38.2 Å². The fourth-order valence-corrected chi connectivity index (χ4v) is 4.40. The molecule has 0 aliphatic heterocycles. The number of anilines is 1. The highest BCUT2D eigenvalue weighted by atomic mass is 32.1. The van der Waals surface area contributed by atoms with Crippen molar-refractivity contribution in [3.63, 3.8) is 0 Å². The third kappa shape index (κ3) is 4.93. The number of H-pyrrole nitrogens is 2. The zero-order chi connectivity index (χ0) is 25.1. The van der Waals surface area contributed by atoms with Crippen molar-refractivity contribution in [2.75, 3.05) is 5.32 Å². The van der Waals surface area contributed by atoms with E-state index in [1.165, 1.54) is 0 Å². The predicted octanol–water partition coefficient (Wildman–Crippen LogP) is 2.17. The summed E-state index contributed by atoms with van der Waals surface area (Å²) >= 11 is 0.981. The molecule has 0 unspecified atom stereocenters. The molecule has 178 valence electrons. The van der Waals surface area contributed by atoms with Crippen molar-refractivity contribution in [1.29, 1.82) is 0 Å². The molecule has 2 aromatic heterocycles. The number of amides is 2. The van der Waals surface area contributed by atoms with Crippen LogP contribution in [0.1, 0.15) is 21.1 Å². The third-order valence-electron chi connectivity index (χ3n) is 5.20. The van der Waals surface area contributed by atoms with E-state index in [9.17, 15) is 19.2 Å². The van der Waals surface area contributed by atoms with Crippen LogP contribution in [0, 0.1) is 0 Å². The molecule has 2 amide bonds. The van der Waals surface area contributed by atoms with E-state index in [1.807, 2.05) is 53.5 Å². The minimum absolute atomic E-state index is 0.106. The lowest BCUT2D eigenvalue weighted by Crippen LogP contribution is -2.27. The summed E-state index contributed by atoms with van der Waals surface area (Å²) in [5, 5.41) is 18.9. The summed E-state index contributed by atoms with van der Waals surface area (Å²) in [6.45, 7) is 0. The number of carbonyl (C=O) groups is 2. The number of carbonyl (C=O) groups excluding carboxylic acids is 2. The molecule has 0 bridgehead atoms. The first-order chi connectivity index (χ1) is 17.5. The number of fused-ring (bicyclic) bond motifs is 2. The van der Waals surface area contributed by atoms with Crippen molar-refractivity contribution in [3.05, 3.63) is 97.8 Å². The van der Waals surface area contributed by atoms with Gasteiger partial charge in [-0.2, -0.15) is 5.10 Å². The van der Waals surface area contributed by atoms with E-state index in [2.05, 4.69) is 37.1 Å². The first-order valence-corrected chi connectivity index (χ1v) is 11.5. The molecule has 5 aromatic rings. The minimum atomic E-state index is -0.806. The maximum Gasteiger partial charge on any atom is 0.326 e. The van der Waals surface area contributed by atoms with Gasteiger partial charge in [-0.15, -0.1) is 10.2 Å². The molecule has 3 aromatic carbocycles. The monoisotopic (exact) mass is 499 g/mol. The second kappa shape index (κ2) is 9.72. The van der Waals surface area contributed by atoms with Gasteiger partial charge < -0.3 is 4.98 Å². The van der Waals surface area contributed by atoms with E-state index in [0.717, 1.165) is 44.5 Å². The normalized spacial score (nSPS) is 11.2. The van der Waals surface area contributed by atoms with Crippen LogP contribution < -0.4 is 22.0 Å². The maximum atomic E-state index is 12.4. The average molecular weight is 500 g/mol. The summed E-state index contributed by atoms with van der Waals surface area (Å²) in [4.78, 5) is 51.5. The summed E-state index contributed by atoms with van der Waals surface area (Å²) in [6, 6.07) is 19.0. The molecular formula is C24H17N7O4S. The van der Waals surface area contributed by atoms with Crippen molar-refractivity contribution in [2.45, 2.75) is 6.42 Å². The third-order valence-corrected chi connectivity index (χ3v) is 6.04. The van der Waals surface area contributed by atoms with Crippen LogP contribution in [0.2, 0.25) is 0 Å². The Kier molecular flexibility index (Phi) is 6.16. The molecular weight excluding hydrogens is 482 g/mol. The molecule has 0 saturated heterocycles. The topological polar surface area (TPSA) is 162 Å². The number of rotatable bonds is 6. The Bertz CT molecular complexity index is 1690. The molecule has 2 heterocycles. The Labute approximate surface area is 205 Å². The Hall–Kier alpha value is -4.97. The number of benzene rings is 3. The number of aromatic amines is 2. The zero-order valence-corrected chi connectivity index (χ0v) is 19.3.